The first-order valence-electron chi connectivity index (χ1n) is 4.78. The molecular weight excluding hydrogens is 216 g/mol. The van der Waals surface area contributed by atoms with Gasteiger partial charge in [0, 0.05) is 12.2 Å². The van der Waals surface area contributed by atoms with Crippen LogP contribution in [0, 0.1) is 0 Å². The van der Waals surface area contributed by atoms with Crippen LogP contribution < -0.4 is 0 Å². The molecule has 1 saturated heterocycles. The highest BCUT2D eigenvalue weighted by molar-refractivity contribution is 5.90. The molecule has 0 bridgehead atoms. The zero-order valence-corrected chi connectivity index (χ0v) is 9.13. The van der Waals surface area contributed by atoms with Gasteiger partial charge in [0.25, 0.3) is 0 Å². The Kier molecular flexibility index (Phi) is 4.03. The number of aliphatic carboxylic acids is 1. The van der Waals surface area contributed by atoms with Gasteiger partial charge in [0.1, 0.15) is 12.7 Å². The molecule has 0 saturated carbocycles. The van der Waals surface area contributed by atoms with Gasteiger partial charge in [-0.25, -0.2) is 9.59 Å². The van der Waals surface area contributed by atoms with E-state index in [1.54, 1.807) is 13.8 Å². The van der Waals surface area contributed by atoms with Crippen molar-refractivity contribution in [2.75, 3.05) is 13.2 Å². The smallest absolute Gasteiger partial charge is 0.331 e. The van der Waals surface area contributed by atoms with Crippen LogP contribution in [0.3, 0.4) is 0 Å². The molecule has 1 heterocycles. The van der Waals surface area contributed by atoms with Gasteiger partial charge >= 0.3 is 11.9 Å². The van der Waals surface area contributed by atoms with Crippen LogP contribution in [-0.4, -0.2) is 42.1 Å². The summed E-state index contributed by atoms with van der Waals surface area (Å²) < 4.78 is 15.4. The lowest BCUT2D eigenvalue weighted by molar-refractivity contribution is -0.155. The van der Waals surface area contributed by atoms with Crippen molar-refractivity contribution in [2.45, 2.75) is 25.7 Å². The summed E-state index contributed by atoms with van der Waals surface area (Å²) in [5, 5.41) is 8.27. The van der Waals surface area contributed by atoms with E-state index < -0.39 is 17.7 Å². The number of carboxylic acids is 1. The predicted octanol–water partition coefficient (Wildman–Crippen LogP) is 0.322. The number of hydrogen-bond donors (Lipinski definition) is 1. The Hall–Kier alpha value is -1.40. The zero-order valence-electron chi connectivity index (χ0n) is 9.13. The first kappa shape index (κ1) is 12.7. The molecule has 0 amide bonds. The molecule has 1 rings (SSSR count). The van der Waals surface area contributed by atoms with Crippen LogP contribution >= 0.6 is 0 Å². The van der Waals surface area contributed by atoms with E-state index in [4.69, 9.17) is 19.3 Å². The lowest BCUT2D eigenvalue weighted by Crippen LogP contribution is -2.24. The van der Waals surface area contributed by atoms with E-state index in [2.05, 4.69) is 0 Å². The van der Waals surface area contributed by atoms with Crippen LogP contribution in [-0.2, 0) is 23.8 Å². The summed E-state index contributed by atoms with van der Waals surface area (Å²) in [6.45, 7) is 3.92. The molecule has 1 aliphatic heterocycles. The summed E-state index contributed by atoms with van der Waals surface area (Å²) in [6.07, 6.45) is 1.26. The molecule has 0 aromatic heterocycles. The van der Waals surface area contributed by atoms with Crippen molar-refractivity contribution < 1.29 is 28.9 Å². The van der Waals surface area contributed by atoms with Crippen molar-refractivity contribution in [3.63, 3.8) is 0 Å². The normalized spacial score (nSPS) is 23.5. The highest BCUT2D eigenvalue weighted by Gasteiger charge is 2.33. The summed E-state index contributed by atoms with van der Waals surface area (Å²) in [6, 6.07) is 0. The molecule has 0 spiro atoms. The minimum absolute atomic E-state index is 0.0478. The maximum absolute atomic E-state index is 11.0. The van der Waals surface area contributed by atoms with Gasteiger partial charge in [0.05, 0.1) is 6.61 Å². The van der Waals surface area contributed by atoms with Crippen molar-refractivity contribution >= 4 is 11.9 Å². The molecule has 1 atom stereocenters. The van der Waals surface area contributed by atoms with Gasteiger partial charge < -0.3 is 19.3 Å². The number of hydrogen-bond acceptors (Lipinski definition) is 5. The summed E-state index contributed by atoms with van der Waals surface area (Å²) in [4.78, 5) is 21.1. The van der Waals surface area contributed by atoms with E-state index >= 15 is 0 Å². The monoisotopic (exact) mass is 230 g/mol. The standard InChI is InChI=1S/C10H14O6/c1-10(2)15-6-7(16-10)5-14-9(13)4-3-8(11)12/h3-4,7H,5-6H2,1-2H3,(H,11,12)/b4-3-. The summed E-state index contributed by atoms with van der Waals surface area (Å²) in [7, 11) is 0. The van der Waals surface area contributed by atoms with Gasteiger partial charge in [-0.1, -0.05) is 0 Å². The van der Waals surface area contributed by atoms with E-state index in [0.717, 1.165) is 12.2 Å². The van der Waals surface area contributed by atoms with E-state index in [-0.39, 0.29) is 12.7 Å². The Balaban J connectivity index is 2.25. The molecule has 0 aliphatic carbocycles. The van der Waals surface area contributed by atoms with Gasteiger partial charge in [-0.15, -0.1) is 0 Å². The molecule has 1 unspecified atom stereocenters. The quantitative estimate of drug-likeness (QED) is 0.553. The van der Waals surface area contributed by atoms with Crippen molar-refractivity contribution in [1.82, 2.24) is 0 Å². The second-order valence-corrected chi connectivity index (χ2v) is 3.75. The molecule has 0 radical (unpaired) electrons. The second kappa shape index (κ2) is 5.09. The van der Waals surface area contributed by atoms with E-state index in [0.29, 0.717) is 6.61 Å². The fourth-order valence-corrected chi connectivity index (χ4v) is 1.21. The minimum atomic E-state index is -1.20. The SMILES string of the molecule is CC1(C)OCC(COC(=O)/C=C\C(=O)O)O1. The third kappa shape index (κ3) is 4.41. The average Bonchev–Trinajstić information content (AvgIpc) is 2.52. The van der Waals surface area contributed by atoms with Crippen LogP contribution in [0.1, 0.15) is 13.8 Å². The van der Waals surface area contributed by atoms with Crippen molar-refractivity contribution in [3.8, 4) is 0 Å². The van der Waals surface area contributed by atoms with Crippen molar-refractivity contribution in [2.24, 2.45) is 0 Å². The molecule has 0 aromatic carbocycles. The molecular formula is C10H14O6. The highest BCUT2D eigenvalue weighted by atomic mass is 16.7. The molecule has 0 aromatic rings. The van der Waals surface area contributed by atoms with Crippen LogP contribution in [0.5, 0.6) is 0 Å². The first-order valence-corrected chi connectivity index (χ1v) is 4.78. The number of rotatable bonds is 4. The Labute approximate surface area is 92.8 Å². The lowest BCUT2D eigenvalue weighted by atomic mass is 10.4. The summed E-state index contributed by atoms with van der Waals surface area (Å²) >= 11 is 0. The number of esters is 1. The molecule has 6 heteroatoms. The summed E-state index contributed by atoms with van der Waals surface area (Å²) in [5.41, 5.74) is 0. The van der Waals surface area contributed by atoms with Gasteiger partial charge in [-0.3, -0.25) is 0 Å². The zero-order chi connectivity index (χ0) is 12.2. The van der Waals surface area contributed by atoms with E-state index in [1.165, 1.54) is 0 Å². The lowest BCUT2D eigenvalue weighted by Gasteiger charge is -2.16. The molecule has 6 nitrogen and oxygen atoms in total. The van der Waals surface area contributed by atoms with Crippen LogP contribution in [0.25, 0.3) is 0 Å². The van der Waals surface area contributed by atoms with Gasteiger partial charge in [-0.05, 0) is 13.8 Å². The van der Waals surface area contributed by atoms with Crippen LogP contribution in [0.15, 0.2) is 12.2 Å². The predicted molar refractivity (Wildman–Crippen MR) is 52.6 cm³/mol. The fraction of sp³-hybridized carbons (Fsp3) is 0.600. The minimum Gasteiger partial charge on any atom is -0.478 e. The van der Waals surface area contributed by atoms with Gasteiger partial charge in [0.2, 0.25) is 0 Å². The van der Waals surface area contributed by atoms with Crippen molar-refractivity contribution in [3.05, 3.63) is 12.2 Å². The van der Waals surface area contributed by atoms with E-state index in [9.17, 15) is 9.59 Å². The fourth-order valence-electron chi connectivity index (χ4n) is 1.21. The number of ether oxygens (including phenoxy) is 3. The molecule has 1 N–H and O–H groups in total. The molecule has 1 fully saturated rings. The highest BCUT2D eigenvalue weighted by Crippen LogP contribution is 2.22. The third-order valence-electron chi connectivity index (χ3n) is 1.84. The Morgan fingerprint density at radius 1 is 1.50 bits per heavy atom. The van der Waals surface area contributed by atoms with Crippen LogP contribution in [0.4, 0.5) is 0 Å². The van der Waals surface area contributed by atoms with Crippen molar-refractivity contribution in [1.29, 1.82) is 0 Å². The number of carbonyl (C=O) groups excluding carboxylic acids is 1. The Bertz CT molecular complexity index is 306. The Morgan fingerprint density at radius 2 is 2.19 bits per heavy atom. The maximum Gasteiger partial charge on any atom is 0.331 e. The third-order valence-corrected chi connectivity index (χ3v) is 1.84. The Morgan fingerprint density at radius 3 is 2.69 bits per heavy atom. The number of carboxylic acid groups (broad SMARTS) is 1. The largest absolute Gasteiger partial charge is 0.478 e. The number of carbonyl (C=O) groups is 2. The van der Waals surface area contributed by atoms with Crippen LogP contribution in [0.2, 0.25) is 0 Å². The average molecular weight is 230 g/mol. The first-order chi connectivity index (χ1) is 7.39. The molecule has 1 aliphatic rings. The second-order valence-electron chi connectivity index (χ2n) is 3.75. The van der Waals surface area contributed by atoms with Gasteiger partial charge in [0.15, 0.2) is 5.79 Å². The van der Waals surface area contributed by atoms with Gasteiger partial charge in [-0.2, -0.15) is 0 Å². The summed E-state index contributed by atoms with van der Waals surface area (Å²) in [5.74, 6) is -2.57. The maximum atomic E-state index is 11.0. The van der Waals surface area contributed by atoms with E-state index in [1.807, 2.05) is 0 Å². The topological polar surface area (TPSA) is 82.1 Å². The molecule has 16 heavy (non-hydrogen) atoms. The molecule has 90 valence electrons.